The lowest BCUT2D eigenvalue weighted by Gasteiger charge is -2.44. The fourth-order valence-electron chi connectivity index (χ4n) is 2.57. The van der Waals surface area contributed by atoms with Crippen LogP contribution >= 0.6 is 0 Å². The summed E-state index contributed by atoms with van der Waals surface area (Å²) in [4.78, 5) is 2.57. The lowest BCUT2D eigenvalue weighted by molar-refractivity contribution is 0.0564. The molecule has 4 heteroatoms. The smallest absolute Gasteiger partial charge is 0.119 e. The topological polar surface area (TPSA) is 34.0 Å². The van der Waals surface area contributed by atoms with Gasteiger partial charge in [-0.1, -0.05) is 6.92 Å². The molecule has 2 rings (SSSR count). The minimum atomic E-state index is 0.284. The Morgan fingerprint density at radius 1 is 1.19 bits per heavy atom. The largest absolute Gasteiger partial charge is 0.317 e. The number of piperidine rings is 1. The molecular formula is C12H22N4. The van der Waals surface area contributed by atoms with Gasteiger partial charge in [0.1, 0.15) is 12.7 Å². The van der Waals surface area contributed by atoms with Gasteiger partial charge in [0.15, 0.2) is 0 Å². The Morgan fingerprint density at radius 2 is 1.81 bits per heavy atom. The molecule has 1 aromatic rings. The van der Waals surface area contributed by atoms with E-state index in [0.29, 0.717) is 12.0 Å². The van der Waals surface area contributed by atoms with Crippen LogP contribution in [0.4, 0.5) is 0 Å². The molecule has 1 aliphatic rings. The van der Waals surface area contributed by atoms with Gasteiger partial charge in [0.25, 0.3) is 0 Å². The van der Waals surface area contributed by atoms with E-state index in [1.165, 1.54) is 6.42 Å². The minimum Gasteiger partial charge on any atom is -0.317 e. The molecule has 0 aromatic carbocycles. The molecule has 2 heterocycles. The van der Waals surface area contributed by atoms with E-state index in [2.05, 4.69) is 47.4 Å². The summed E-state index contributed by atoms with van der Waals surface area (Å²) in [6, 6.07) is 0.564. The van der Waals surface area contributed by atoms with Crippen LogP contribution in [0.15, 0.2) is 12.7 Å². The number of likely N-dealkylation sites (tertiary alicyclic amines) is 1. The van der Waals surface area contributed by atoms with Gasteiger partial charge < -0.3 is 4.57 Å². The molecule has 1 fully saturated rings. The monoisotopic (exact) mass is 222 g/mol. The van der Waals surface area contributed by atoms with Crippen LogP contribution in [0.1, 0.15) is 40.2 Å². The van der Waals surface area contributed by atoms with Gasteiger partial charge in [0.2, 0.25) is 0 Å². The van der Waals surface area contributed by atoms with Gasteiger partial charge in [-0.25, -0.2) is 0 Å². The van der Waals surface area contributed by atoms with Crippen LogP contribution in [0.3, 0.4) is 0 Å². The van der Waals surface area contributed by atoms with Crippen LogP contribution in [-0.4, -0.2) is 38.3 Å². The minimum absolute atomic E-state index is 0.284. The van der Waals surface area contributed by atoms with Crippen molar-refractivity contribution in [2.75, 3.05) is 13.1 Å². The second-order valence-corrected chi connectivity index (χ2v) is 5.86. The van der Waals surface area contributed by atoms with Crippen LogP contribution in [0.25, 0.3) is 0 Å². The van der Waals surface area contributed by atoms with Gasteiger partial charge in [0.05, 0.1) is 0 Å². The van der Waals surface area contributed by atoms with Gasteiger partial charge in [-0.2, -0.15) is 0 Å². The summed E-state index contributed by atoms with van der Waals surface area (Å²) in [5.74, 6) is 0.656. The summed E-state index contributed by atoms with van der Waals surface area (Å²) in [6.07, 6.45) is 4.87. The molecule has 0 amide bonds. The Kier molecular flexibility index (Phi) is 3.02. The van der Waals surface area contributed by atoms with Crippen LogP contribution in [0, 0.1) is 5.92 Å². The van der Waals surface area contributed by atoms with Gasteiger partial charge in [-0.05, 0) is 33.1 Å². The first-order valence-corrected chi connectivity index (χ1v) is 6.07. The predicted octanol–water partition coefficient (Wildman–Crippen LogP) is 1.96. The summed E-state index contributed by atoms with van der Waals surface area (Å²) < 4.78 is 2.16. The third kappa shape index (κ3) is 2.26. The van der Waals surface area contributed by atoms with Crippen LogP contribution < -0.4 is 0 Å². The van der Waals surface area contributed by atoms with E-state index in [1.54, 1.807) is 0 Å². The summed E-state index contributed by atoms with van der Waals surface area (Å²) in [6.45, 7) is 11.5. The van der Waals surface area contributed by atoms with E-state index in [0.717, 1.165) is 13.1 Å². The average Bonchev–Trinajstić information content (AvgIpc) is 2.69. The summed E-state index contributed by atoms with van der Waals surface area (Å²) in [5.41, 5.74) is 0.284. The van der Waals surface area contributed by atoms with E-state index in [-0.39, 0.29) is 5.54 Å². The maximum Gasteiger partial charge on any atom is 0.119 e. The molecule has 0 N–H and O–H groups in total. The van der Waals surface area contributed by atoms with Crippen molar-refractivity contribution in [3.63, 3.8) is 0 Å². The lowest BCUT2D eigenvalue weighted by atomic mass is 9.90. The van der Waals surface area contributed by atoms with E-state index in [1.807, 2.05) is 12.7 Å². The molecule has 1 aliphatic heterocycles. The van der Waals surface area contributed by atoms with Crippen molar-refractivity contribution in [1.82, 2.24) is 19.7 Å². The van der Waals surface area contributed by atoms with Crippen molar-refractivity contribution in [3.8, 4) is 0 Å². The van der Waals surface area contributed by atoms with Crippen molar-refractivity contribution in [3.05, 3.63) is 12.7 Å². The number of hydrogen-bond donors (Lipinski definition) is 0. The first kappa shape index (κ1) is 11.6. The van der Waals surface area contributed by atoms with Gasteiger partial charge in [0, 0.05) is 24.7 Å². The Morgan fingerprint density at radius 3 is 2.31 bits per heavy atom. The standard InChI is InChI=1S/C12H22N4/c1-10-7-16(12(2,3)4)6-5-11(10)15-8-13-14-9-15/h8-11H,5-7H2,1-4H3. The fraction of sp³-hybridized carbons (Fsp3) is 0.833. The third-order valence-corrected chi connectivity index (χ3v) is 3.63. The molecule has 0 saturated carbocycles. The van der Waals surface area contributed by atoms with Crippen molar-refractivity contribution >= 4 is 0 Å². The number of nitrogens with zero attached hydrogens (tertiary/aromatic N) is 4. The first-order chi connectivity index (χ1) is 7.48. The van der Waals surface area contributed by atoms with Crippen LogP contribution in [0.2, 0.25) is 0 Å². The highest BCUT2D eigenvalue weighted by Crippen LogP contribution is 2.30. The number of aromatic nitrogens is 3. The Balaban J connectivity index is 2.04. The maximum atomic E-state index is 3.90. The molecule has 16 heavy (non-hydrogen) atoms. The Labute approximate surface area is 97.7 Å². The van der Waals surface area contributed by atoms with Gasteiger partial charge in [-0.15, -0.1) is 10.2 Å². The van der Waals surface area contributed by atoms with E-state index >= 15 is 0 Å². The highest BCUT2D eigenvalue weighted by molar-refractivity contribution is 4.88. The van der Waals surface area contributed by atoms with Crippen molar-refractivity contribution in [1.29, 1.82) is 0 Å². The molecule has 90 valence electrons. The zero-order chi connectivity index (χ0) is 11.8. The molecule has 2 atom stereocenters. The highest BCUT2D eigenvalue weighted by Gasteiger charge is 2.32. The fourth-order valence-corrected chi connectivity index (χ4v) is 2.57. The average molecular weight is 222 g/mol. The number of hydrogen-bond acceptors (Lipinski definition) is 3. The van der Waals surface area contributed by atoms with Crippen molar-refractivity contribution in [2.45, 2.75) is 45.7 Å². The summed E-state index contributed by atoms with van der Waals surface area (Å²) in [5, 5.41) is 7.80. The zero-order valence-corrected chi connectivity index (χ0v) is 10.7. The molecular weight excluding hydrogens is 200 g/mol. The van der Waals surface area contributed by atoms with E-state index in [9.17, 15) is 0 Å². The number of rotatable bonds is 1. The molecule has 1 aromatic heterocycles. The van der Waals surface area contributed by atoms with Crippen molar-refractivity contribution < 1.29 is 0 Å². The molecule has 4 nitrogen and oxygen atoms in total. The van der Waals surface area contributed by atoms with Crippen LogP contribution in [0.5, 0.6) is 0 Å². The highest BCUT2D eigenvalue weighted by atomic mass is 15.3. The van der Waals surface area contributed by atoms with E-state index in [4.69, 9.17) is 0 Å². The second-order valence-electron chi connectivity index (χ2n) is 5.86. The maximum absolute atomic E-state index is 3.90. The van der Waals surface area contributed by atoms with Gasteiger partial charge in [-0.3, -0.25) is 4.90 Å². The Hall–Kier alpha value is -0.900. The summed E-state index contributed by atoms with van der Waals surface area (Å²) in [7, 11) is 0. The van der Waals surface area contributed by atoms with Crippen molar-refractivity contribution in [2.24, 2.45) is 5.92 Å². The molecule has 2 unspecified atom stereocenters. The first-order valence-electron chi connectivity index (χ1n) is 6.07. The Bertz CT molecular complexity index is 325. The van der Waals surface area contributed by atoms with Gasteiger partial charge >= 0.3 is 0 Å². The molecule has 0 aliphatic carbocycles. The predicted molar refractivity (Wildman–Crippen MR) is 64.2 cm³/mol. The normalized spacial score (nSPS) is 28.2. The SMILES string of the molecule is CC1CN(C(C)(C)C)CCC1n1cnnc1. The third-order valence-electron chi connectivity index (χ3n) is 3.63. The molecule has 0 spiro atoms. The quantitative estimate of drug-likeness (QED) is 0.728. The lowest BCUT2D eigenvalue weighted by Crippen LogP contribution is -2.49. The molecule has 1 saturated heterocycles. The zero-order valence-electron chi connectivity index (χ0n) is 10.7. The molecule has 0 bridgehead atoms. The summed E-state index contributed by atoms with van der Waals surface area (Å²) >= 11 is 0. The van der Waals surface area contributed by atoms with Crippen LogP contribution in [-0.2, 0) is 0 Å². The van der Waals surface area contributed by atoms with E-state index < -0.39 is 0 Å². The second kappa shape index (κ2) is 4.17. The molecule has 0 radical (unpaired) electrons.